The fraction of sp³-hybridized carbons (Fsp3) is 0.455. The molecule has 2 aliphatic rings. The van der Waals surface area contributed by atoms with Gasteiger partial charge in [-0.05, 0) is 26.0 Å². The van der Waals surface area contributed by atoms with Crippen LogP contribution in [0, 0.1) is 0 Å². The average Bonchev–Trinajstić information content (AvgIpc) is 3.63. The molecule has 1 aromatic heterocycles. The molecule has 29 heavy (non-hydrogen) atoms. The molecule has 0 saturated carbocycles. The minimum Gasteiger partial charge on any atom is -0.490 e. The van der Waals surface area contributed by atoms with Gasteiger partial charge in [-0.15, -0.1) is 11.3 Å². The van der Waals surface area contributed by atoms with Gasteiger partial charge in [-0.3, -0.25) is 0 Å². The quantitative estimate of drug-likeness (QED) is 0.456. The number of thiophene rings is 1. The third-order valence-electron chi connectivity index (χ3n) is 4.86. The fourth-order valence-corrected chi connectivity index (χ4v) is 4.37. The van der Waals surface area contributed by atoms with Gasteiger partial charge in [0, 0.05) is 32.3 Å². The predicted molar refractivity (Wildman–Crippen MR) is 112 cm³/mol. The zero-order valence-corrected chi connectivity index (χ0v) is 17.4. The molecule has 3 aromatic rings. The summed E-state index contributed by atoms with van der Waals surface area (Å²) < 4.78 is 36.5. The highest BCUT2D eigenvalue weighted by Crippen LogP contribution is 2.45. The van der Waals surface area contributed by atoms with Crippen LogP contribution in [0.2, 0.25) is 0 Å². The number of ether oxygens (including phenoxy) is 6. The van der Waals surface area contributed by atoms with E-state index in [0.29, 0.717) is 26.4 Å². The van der Waals surface area contributed by atoms with E-state index in [4.69, 9.17) is 28.4 Å². The molecule has 2 fully saturated rings. The van der Waals surface area contributed by atoms with Crippen LogP contribution < -0.4 is 18.9 Å². The molecule has 0 bridgehead atoms. The van der Waals surface area contributed by atoms with E-state index in [9.17, 15) is 0 Å². The van der Waals surface area contributed by atoms with Crippen molar-refractivity contribution >= 4 is 31.5 Å². The van der Waals surface area contributed by atoms with Crippen molar-refractivity contribution in [3.63, 3.8) is 0 Å². The van der Waals surface area contributed by atoms with Crippen LogP contribution in [0.4, 0.5) is 0 Å². The van der Waals surface area contributed by atoms with E-state index < -0.39 is 0 Å². The van der Waals surface area contributed by atoms with Crippen LogP contribution in [-0.2, 0) is 9.47 Å². The van der Waals surface area contributed by atoms with Crippen molar-refractivity contribution in [1.82, 2.24) is 0 Å². The monoisotopic (exact) mass is 416 g/mol. The molecule has 2 aliphatic heterocycles. The van der Waals surface area contributed by atoms with Crippen LogP contribution in [0.15, 0.2) is 24.3 Å². The number of hydrogen-bond donors (Lipinski definition) is 0. The van der Waals surface area contributed by atoms with Crippen LogP contribution >= 0.6 is 11.3 Å². The standard InChI is InChI=1S/C22H24O6S/c1-3-23-19-7-21-15(5-17(19)27-11-13-9-25-13)16-6-18(28-12-14-10-26-14)20(24-4-2)8-22(16)29-21/h5-8,13-14H,3-4,9-12H2,1-2H3. The van der Waals surface area contributed by atoms with Crippen LogP contribution in [0.3, 0.4) is 0 Å². The van der Waals surface area contributed by atoms with Crippen molar-refractivity contribution in [2.75, 3.05) is 39.6 Å². The fourth-order valence-electron chi connectivity index (χ4n) is 3.25. The number of rotatable bonds is 10. The van der Waals surface area contributed by atoms with Crippen LogP contribution in [0.25, 0.3) is 20.2 Å². The maximum absolute atomic E-state index is 6.00. The molecule has 5 rings (SSSR count). The van der Waals surface area contributed by atoms with E-state index in [0.717, 1.165) is 56.4 Å². The Balaban J connectivity index is 1.56. The summed E-state index contributed by atoms with van der Waals surface area (Å²) in [5.74, 6) is 3.02. The molecule has 7 heteroatoms. The summed E-state index contributed by atoms with van der Waals surface area (Å²) in [6, 6.07) is 8.25. The van der Waals surface area contributed by atoms with Crippen LogP contribution in [0.5, 0.6) is 23.0 Å². The lowest BCUT2D eigenvalue weighted by Crippen LogP contribution is -2.06. The van der Waals surface area contributed by atoms with E-state index >= 15 is 0 Å². The van der Waals surface area contributed by atoms with Crippen molar-refractivity contribution in [3.8, 4) is 23.0 Å². The number of epoxide rings is 2. The zero-order chi connectivity index (χ0) is 19.8. The first-order chi connectivity index (χ1) is 14.2. The summed E-state index contributed by atoms with van der Waals surface area (Å²) in [7, 11) is 0. The molecule has 0 radical (unpaired) electrons. The molecule has 2 saturated heterocycles. The highest BCUT2D eigenvalue weighted by Gasteiger charge is 2.25. The van der Waals surface area contributed by atoms with E-state index in [1.807, 2.05) is 13.8 Å². The predicted octanol–water partition coefficient (Wildman–Crippen LogP) is 4.41. The lowest BCUT2D eigenvalue weighted by atomic mass is 10.1. The number of fused-ring (bicyclic) bond motifs is 3. The minimum atomic E-state index is 0.192. The summed E-state index contributed by atoms with van der Waals surface area (Å²) in [5.41, 5.74) is 0. The normalized spacial score (nSPS) is 20.1. The van der Waals surface area contributed by atoms with Crippen molar-refractivity contribution in [1.29, 1.82) is 0 Å². The molecule has 0 aliphatic carbocycles. The third-order valence-corrected chi connectivity index (χ3v) is 5.97. The van der Waals surface area contributed by atoms with E-state index in [1.54, 1.807) is 11.3 Å². The molecule has 0 spiro atoms. The van der Waals surface area contributed by atoms with Gasteiger partial charge in [-0.25, -0.2) is 0 Å². The summed E-state index contributed by atoms with van der Waals surface area (Å²) in [4.78, 5) is 0. The van der Waals surface area contributed by atoms with Gasteiger partial charge in [0.05, 0.1) is 26.4 Å². The third kappa shape index (κ3) is 4.08. The van der Waals surface area contributed by atoms with Gasteiger partial charge in [0.25, 0.3) is 0 Å². The Morgan fingerprint density at radius 2 is 1.14 bits per heavy atom. The Bertz CT molecular complexity index is 941. The van der Waals surface area contributed by atoms with E-state index in [-0.39, 0.29) is 12.2 Å². The zero-order valence-electron chi connectivity index (χ0n) is 16.6. The summed E-state index contributed by atoms with van der Waals surface area (Å²) in [6.45, 7) is 7.73. The Hall–Kier alpha value is -2.22. The molecular formula is C22H24O6S. The van der Waals surface area contributed by atoms with Gasteiger partial charge < -0.3 is 28.4 Å². The molecule has 6 nitrogen and oxygen atoms in total. The highest BCUT2D eigenvalue weighted by atomic mass is 32.1. The molecular weight excluding hydrogens is 392 g/mol. The lowest BCUT2D eigenvalue weighted by Gasteiger charge is -2.12. The second-order valence-electron chi connectivity index (χ2n) is 7.09. The smallest absolute Gasteiger partial charge is 0.162 e. The maximum atomic E-state index is 6.00. The van der Waals surface area contributed by atoms with Gasteiger partial charge in [-0.2, -0.15) is 0 Å². The second kappa shape index (κ2) is 7.89. The Kier molecular flexibility index (Phi) is 5.11. The molecule has 3 heterocycles. The molecule has 154 valence electrons. The van der Waals surface area contributed by atoms with Crippen LogP contribution in [-0.4, -0.2) is 51.8 Å². The number of benzene rings is 2. The molecule has 0 amide bonds. The topological polar surface area (TPSA) is 62.0 Å². The lowest BCUT2D eigenvalue weighted by molar-refractivity contribution is 0.245. The van der Waals surface area contributed by atoms with E-state index in [1.165, 1.54) is 0 Å². The Morgan fingerprint density at radius 3 is 1.52 bits per heavy atom. The molecule has 2 unspecified atom stereocenters. The summed E-state index contributed by atoms with van der Waals surface area (Å²) in [5, 5.41) is 2.24. The van der Waals surface area contributed by atoms with Gasteiger partial charge in [0.2, 0.25) is 0 Å². The average molecular weight is 416 g/mol. The van der Waals surface area contributed by atoms with Crippen molar-refractivity contribution in [3.05, 3.63) is 24.3 Å². The Labute approximate surface area is 173 Å². The summed E-state index contributed by atoms with van der Waals surface area (Å²) >= 11 is 1.71. The highest BCUT2D eigenvalue weighted by molar-refractivity contribution is 7.25. The van der Waals surface area contributed by atoms with Gasteiger partial charge in [0.15, 0.2) is 23.0 Å². The van der Waals surface area contributed by atoms with Gasteiger partial charge in [0.1, 0.15) is 25.4 Å². The molecule has 2 aromatic carbocycles. The first-order valence-corrected chi connectivity index (χ1v) is 10.9. The summed E-state index contributed by atoms with van der Waals surface area (Å²) in [6.07, 6.45) is 0.385. The van der Waals surface area contributed by atoms with E-state index in [2.05, 4.69) is 24.3 Å². The first-order valence-electron chi connectivity index (χ1n) is 10.0. The Morgan fingerprint density at radius 1 is 0.724 bits per heavy atom. The number of hydrogen-bond acceptors (Lipinski definition) is 7. The second-order valence-corrected chi connectivity index (χ2v) is 8.17. The largest absolute Gasteiger partial charge is 0.490 e. The van der Waals surface area contributed by atoms with Crippen molar-refractivity contribution < 1.29 is 28.4 Å². The SMILES string of the molecule is CCOc1cc2sc3cc(OCC)c(OCC4CO4)cc3c2cc1OCC1CO1. The van der Waals surface area contributed by atoms with Gasteiger partial charge >= 0.3 is 0 Å². The molecule has 2 atom stereocenters. The van der Waals surface area contributed by atoms with Gasteiger partial charge in [-0.1, -0.05) is 0 Å². The van der Waals surface area contributed by atoms with Crippen LogP contribution in [0.1, 0.15) is 13.8 Å². The van der Waals surface area contributed by atoms with Crippen molar-refractivity contribution in [2.24, 2.45) is 0 Å². The minimum absolute atomic E-state index is 0.192. The first kappa shape index (κ1) is 18.8. The molecule has 0 N–H and O–H groups in total. The maximum Gasteiger partial charge on any atom is 0.162 e. The van der Waals surface area contributed by atoms with Crippen molar-refractivity contribution in [2.45, 2.75) is 26.1 Å².